The summed E-state index contributed by atoms with van der Waals surface area (Å²) in [6.07, 6.45) is 7.06. The molecule has 2 atom stereocenters. The molecule has 1 saturated heterocycles. The van der Waals surface area contributed by atoms with Crippen molar-refractivity contribution < 1.29 is 18.4 Å². The molecule has 1 aliphatic carbocycles. The van der Waals surface area contributed by atoms with Crippen LogP contribution < -0.4 is 0 Å². The van der Waals surface area contributed by atoms with Crippen LogP contribution in [0.2, 0.25) is 0 Å². The molecule has 1 aromatic heterocycles. The highest BCUT2D eigenvalue weighted by molar-refractivity contribution is 5.98. The van der Waals surface area contributed by atoms with Gasteiger partial charge in [-0.25, -0.2) is 8.78 Å². The number of H-pyrrole nitrogens is 1. The molecule has 2 heterocycles. The van der Waals surface area contributed by atoms with Crippen molar-refractivity contribution in [2.24, 2.45) is 5.92 Å². The number of halogens is 2. The Labute approximate surface area is 156 Å². The number of fused-ring (bicyclic) bond motifs is 1. The first-order chi connectivity index (χ1) is 13.1. The standard InChI is InChI=1S/C21H24F2N2O2/c22-15-9-10-16(23)20-14(15)12-17(24-20)21(27)25-11-5-1-2-7-18(25)13-6-3-4-8-19(13)26/h9-10,12-13,18,24H,1-8,11H2/t13-,18-/m1/s1. The Morgan fingerprint density at radius 3 is 2.59 bits per heavy atom. The number of aromatic nitrogens is 1. The maximum atomic E-state index is 14.0. The molecule has 0 radical (unpaired) electrons. The molecule has 1 aromatic carbocycles. The molecule has 27 heavy (non-hydrogen) atoms. The number of nitrogens with zero attached hydrogens (tertiary/aromatic N) is 1. The van der Waals surface area contributed by atoms with Crippen LogP contribution in [0.5, 0.6) is 0 Å². The smallest absolute Gasteiger partial charge is 0.270 e. The van der Waals surface area contributed by atoms with E-state index >= 15 is 0 Å². The van der Waals surface area contributed by atoms with Gasteiger partial charge in [0.05, 0.1) is 5.52 Å². The summed E-state index contributed by atoms with van der Waals surface area (Å²) in [6.45, 7) is 0.577. The lowest BCUT2D eigenvalue weighted by atomic mass is 9.80. The first-order valence-corrected chi connectivity index (χ1v) is 9.86. The first kappa shape index (κ1) is 18.1. The van der Waals surface area contributed by atoms with Gasteiger partial charge in [-0.15, -0.1) is 0 Å². The molecule has 2 fully saturated rings. The van der Waals surface area contributed by atoms with Crippen LogP contribution in [0.4, 0.5) is 8.78 Å². The summed E-state index contributed by atoms with van der Waals surface area (Å²) in [5.41, 5.74) is 0.197. The quantitative estimate of drug-likeness (QED) is 0.836. The second-order valence-corrected chi connectivity index (χ2v) is 7.73. The Morgan fingerprint density at radius 2 is 1.81 bits per heavy atom. The van der Waals surface area contributed by atoms with E-state index in [1.807, 2.05) is 0 Å². The fourth-order valence-electron chi connectivity index (χ4n) is 4.64. The van der Waals surface area contributed by atoms with E-state index in [2.05, 4.69) is 4.98 Å². The number of benzene rings is 1. The topological polar surface area (TPSA) is 53.2 Å². The predicted octanol–water partition coefficient (Wildman–Crippen LogP) is 4.59. The number of aromatic amines is 1. The number of Topliss-reactive ketones (excluding diaryl/α,β-unsaturated/α-hetero) is 1. The molecule has 0 unspecified atom stereocenters. The zero-order valence-corrected chi connectivity index (χ0v) is 15.3. The van der Waals surface area contributed by atoms with Gasteiger partial charge in [0.15, 0.2) is 0 Å². The molecule has 1 N–H and O–H groups in total. The van der Waals surface area contributed by atoms with Crippen LogP contribution >= 0.6 is 0 Å². The normalized spacial score (nSPS) is 24.2. The zero-order chi connectivity index (χ0) is 19.0. The zero-order valence-electron chi connectivity index (χ0n) is 15.3. The van der Waals surface area contributed by atoms with Gasteiger partial charge in [0.1, 0.15) is 23.1 Å². The monoisotopic (exact) mass is 374 g/mol. The Morgan fingerprint density at radius 1 is 1.04 bits per heavy atom. The molecule has 1 aliphatic heterocycles. The Balaban J connectivity index is 1.68. The number of rotatable bonds is 2. The van der Waals surface area contributed by atoms with Crippen LogP contribution in [-0.2, 0) is 4.79 Å². The first-order valence-electron chi connectivity index (χ1n) is 9.86. The highest BCUT2D eigenvalue weighted by Crippen LogP contribution is 2.32. The Kier molecular flexibility index (Phi) is 4.98. The van der Waals surface area contributed by atoms with Crippen LogP contribution in [0.15, 0.2) is 18.2 Å². The summed E-state index contributed by atoms with van der Waals surface area (Å²) in [5, 5.41) is 0.0819. The third kappa shape index (κ3) is 3.37. The van der Waals surface area contributed by atoms with Crippen LogP contribution in [0.25, 0.3) is 10.9 Å². The molecule has 4 rings (SSSR count). The lowest BCUT2D eigenvalue weighted by molar-refractivity contribution is -0.126. The van der Waals surface area contributed by atoms with E-state index in [4.69, 9.17) is 0 Å². The highest BCUT2D eigenvalue weighted by atomic mass is 19.1. The van der Waals surface area contributed by atoms with Crippen molar-refractivity contribution in [1.82, 2.24) is 9.88 Å². The van der Waals surface area contributed by atoms with Crippen LogP contribution in [0.3, 0.4) is 0 Å². The number of hydrogen-bond donors (Lipinski definition) is 1. The van der Waals surface area contributed by atoms with Gasteiger partial charge in [-0.05, 0) is 43.9 Å². The van der Waals surface area contributed by atoms with E-state index in [1.54, 1.807) is 4.90 Å². The van der Waals surface area contributed by atoms with Crippen molar-refractivity contribution in [2.45, 2.75) is 57.4 Å². The second kappa shape index (κ2) is 7.41. The number of likely N-dealkylation sites (tertiary alicyclic amines) is 1. The van der Waals surface area contributed by atoms with Gasteiger partial charge in [-0.1, -0.05) is 19.3 Å². The maximum Gasteiger partial charge on any atom is 0.270 e. The van der Waals surface area contributed by atoms with Gasteiger partial charge in [-0.3, -0.25) is 9.59 Å². The lowest BCUT2D eigenvalue weighted by Gasteiger charge is -2.36. The van der Waals surface area contributed by atoms with Gasteiger partial charge < -0.3 is 9.88 Å². The average Bonchev–Trinajstić information content (AvgIpc) is 2.99. The van der Waals surface area contributed by atoms with Gasteiger partial charge in [0.2, 0.25) is 0 Å². The van der Waals surface area contributed by atoms with E-state index in [1.165, 1.54) is 6.07 Å². The fourth-order valence-corrected chi connectivity index (χ4v) is 4.64. The van der Waals surface area contributed by atoms with Crippen molar-refractivity contribution in [1.29, 1.82) is 0 Å². The number of hydrogen-bond acceptors (Lipinski definition) is 2. The van der Waals surface area contributed by atoms with Crippen molar-refractivity contribution in [3.8, 4) is 0 Å². The van der Waals surface area contributed by atoms with Crippen LogP contribution in [0, 0.1) is 17.6 Å². The van der Waals surface area contributed by atoms with Gasteiger partial charge in [0.25, 0.3) is 5.91 Å². The van der Waals surface area contributed by atoms with Gasteiger partial charge in [0, 0.05) is 30.3 Å². The predicted molar refractivity (Wildman–Crippen MR) is 98.5 cm³/mol. The molecular weight excluding hydrogens is 350 g/mol. The Hall–Kier alpha value is -2.24. The van der Waals surface area contributed by atoms with Crippen molar-refractivity contribution in [2.75, 3.05) is 6.54 Å². The minimum atomic E-state index is -0.583. The second-order valence-electron chi connectivity index (χ2n) is 7.73. The Bertz CT molecular complexity index is 837. The summed E-state index contributed by atoms with van der Waals surface area (Å²) in [4.78, 5) is 30.3. The average molecular weight is 374 g/mol. The molecule has 1 saturated carbocycles. The molecule has 144 valence electrons. The summed E-state index contributed by atoms with van der Waals surface area (Å²) in [5.74, 6) is -1.27. The molecule has 0 spiro atoms. The highest BCUT2D eigenvalue weighted by Gasteiger charge is 2.37. The summed E-state index contributed by atoms with van der Waals surface area (Å²) in [6, 6.07) is 3.39. The SMILES string of the molecule is O=C1CCCC[C@@H]1[C@H]1CCCCCN1C(=O)c1cc2c(F)ccc(F)c2[nH]1. The van der Waals surface area contributed by atoms with E-state index in [0.717, 1.165) is 57.1 Å². The number of carbonyl (C=O) groups excluding carboxylic acids is 2. The fraction of sp³-hybridized carbons (Fsp3) is 0.524. The van der Waals surface area contributed by atoms with E-state index < -0.39 is 11.6 Å². The largest absolute Gasteiger partial charge is 0.348 e. The van der Waals surface area contributed by atoms with Gasteiger partial charge in [-0.2, -0.15) is 0 Å². The number of amides is 1. The maximum absolute atomic E-state index is 14.0. The summed E-state index contributed by atoms with van der Waals surface area (Å²) in [7, 11) is 0. The lowest BCUT2D eigenvalue weighted by Crippen LogP contribution is -2.47. The molecule has 4 nitrogen and oxygen atoms in total. The van der Waals surface area contributed by atoms with E-state index in [-0.39, 0.29) is 40.2 Å². The molecule has 1 amide bonds. The van der Waals surface area contributed by atoms with Crippen molar-refractivity contribution >= 4 is 22.6 Å². The third-order valence-electron chi connectivity index (χ3n) is 6.05. The molecule has 2 aromatic rings. The number of ketones is 1. The third-order valence-corrected chi connectivity index (χ3v) is 6.05. The van der Waals surface area contributed by atoms with E-state index in [0.29, 0.717) is 13.0 Å². The summed E-state index contributed by atoms with van der Waals surface area (Å²) >= 11 is 0. The van der Waals surface area contributed by atoms with E-state index in [9.17, 15) is 18.4 Å². The summed E-state index contributed by atoms with van der Waals surface area (Å²) < 4.78 is 28.0. The van der Waals surface area contributed by atoms with Crippen molar-refractivity contribution in [3.05, 3.63) is 35.5 Å². The molecular formula is C21H24F2N2O2. The van der Waals surface area contributed by atoms with Gasteiger partial charge >= 0.3 is 0 Å². The minimum absolute atomic E-state index is 0.0125. The van der Waals surface area contributed by atoms with Crippen LogP contribution in [0.1, 0.15) is 61.9 Å². The molecule has 2 aliphatic rings. The number of nitrogens with one attached hydrogen (secondary N) is 1. The minimum Gasteiger partial charge on any atom is -0.348 e. The van der Waals surface area contributed by atoms with Crippen LogP contribution in [-0.4, -0.2) is 34.2 Å². The number of carbonyl (C=O) groups is 2. The molecule has 0 bridgehead atoms. The molecule has 6 heteroatoms. The van der Waals surface area contributed by atoms with Crippen molar-refractivity contribution in [3.63, 3.8) is 0 Å².